The van der Waals surface area contributed by atoms with E-state index < -0.39 is 10.0 Å². The second-order valence-electron chi connectivity index (χ2n) is 6.48. The Bertz CT molecular complexity index is 1020. The second-order valence-corrected chi connectivity index (χ2v) is 8.85. The van der Waals surface area contributed by atoms with E-state index in [-0.39, 0.29) is 10.8 Å². The molecule has 1 saturated heterocycles. The van der Waals surface area contributed by atoms with Crippen LogP contribution in [0.25, 0.3) is 11.4 Å². The van der Waals surface area contributed by atoms with Crippen LogP contribution in [0, 0.1) is 0 Å². The molecular weight excluding hydrogens is 386 g/mol. The summed E-state index contributed by atoms with van der Waals surface area (Å²) in [7, 11) is -3.58. The van der Waals surface area contributed by atoms with Gasteiger partial charge in [0.05, 0.1) is 10.8 Å². The first-order chi connectivity index (χ1) is 13.0. The lowest BCUT2D eigenvalue weighted by Crippen LogP contribution is -2.39. The topological polar surface area (TPSA) is 76.3 Å². The van der Waals surface area contributed by atoms with Gasteiger partial charge < -0.3 is 4.52 Å². The fourth-order valence-corrected chi connectivity index (χ4v) is 4.87. The maximum Gasteiger partial charge on any atom is 0.243 e. The van der Waals surface area contributed by atoms with Crippen LogP contribution in [0.3, 0.4) is 0 Å². The molecule has 4 rings (SSSR count). The number of piperidine rings is 1. The predicted octanol–water partition coefficient (Wildman–Crippen LogP) is 3.96. The smallest absolute Gasteiger partial charge is 0.243 e. The lowest BCUT2D eigenvalue weighted by atomic mass is 10.00. The van der Waals surface area contributed by atoms with Gasteiger partial charge in [-0.1, -0.05) is 47.1 Å². The summed E-state index contributed by atoms with van der Waals surface area (Å²) < 4.78 is 32.8. The highest BCUT2D eigenvalue weighted by Crippen LogP contribution is 2.30. The molecule has 0 spiro atoms. The van der Waals surface area contributed by atoms with E-state index in [2.05, 4.69) is 10.1 Å². The zero-order valence-electron chi connectivity index (χ0n) is 14.5. The molecule has 0 N–H and O–H groups in total. The van der Waals surface area contributed by atoms with Gasteiger partial charge in [0.2, 0.25) is 21.7 Å². The fraction of sp³-hybridized carbons (Fsp3) is 0.263. The first kappa shape index (κ1) is 18.2. The Balaban J connectivity index is 1.55. The number of nitrogens with zero attached hydrogens (tertiary/aromatic N) is 3. The third-order valence-electron chi connectivity index (χ3n) is 4.66. The Labute approximate surface area is 162 Å². The molecule has 140 valence electrons. The molecule has 0 radical (unpaired) electrons. The number of rotatable bonds is 4. The number of aromatic nitrogens is 2. The standard InChI is InChI=1S/C19H18ClN3O3S/c20-16-8-10-17(11-9-16)27(24,25)23-12-4-7-15(13-23)19-21-18(22-26-19)14-5-2-1-3-6-14/h1-3,5-6,8-11,15H,4,7,12-13H2. The van der Waals surface area contributed by atoms with Gasteiger partial charge in [-0.3, -0.25) is 0 Å². The van der Waals surface area contributed by atoms with Gasteiger partial charge in [-0.15, -0.1) is 0 Å². The zero-order valence-corrected chi connectivity index (χ0v) is 16.0. The van der Waals surface area contributed by atoms with E-state index in [9.17, 15) is 8.42 Å². The molecule has 8 heteroatoms. The lowest BCUT2D eigenvalue weighted by molar-refractivity contribution is 0.265. The van der Waals surface area contributed by atoms with Gasteiger partial charge in [-0.25, -0.2) is 8.42 Å². The number of hydrogen-bond donors (Lipinski definition) is 0. The van der Waals surface area contributed by atoms with Crippen LogP contribution >= 0.6 is 11.6 Å². The Morgan fingerprint density at radius 3 is 2.56 bits per heavy atom. The van der Waals surface area contributed by atoms with E-state index in [1.807, 2.05) is 30.3 Å². The Kier molecular flexibility index (Phi) is 4.99. The van der Waals surface area contributed by atoms with Gasteiger partial charge in [0.15, 0.2) is 0 Å². The Hall–Kier alpha value is -2.22. The summed E-state index contributed by atoms with van der Waals surface area (Å²) >= 11 is 5.87. The van der Waals surface area contributed by atoms with Crippen LogP contribution in [0.2, 0.25) is 5.02 Å². The normalized spacial score (nSPS) is 18.5. The van der Waals surface area contributed by atoms with E-state index in [0.29, 0.717) is 29.8 Å². The molecule has 3 aromatic rings. The van der Waals surface area contributed by atoms with Gasteiger partial charge in [0, 0.05) is 23.7 Å². The molecule has 1 aliphatic heterocycles. The summed E-state index contributed by atoms with van der Waals surface area (Å²) in [6.45, 7) is 0.794. The van der Waals surface area contributed by atoms with Gasteiger partial charge in [0.25, 0.3) is 0 Å². The largest absolute Gasteiger partial charge is 0.339 e. The summed E-state index contributed by atoms with van der Waals surface area (Å²) in [6.07, 6.45) is 1.55. The van der Waals surface area contributed by atoms with Crippen molar-refractivity contribution in [1.82, 2.24) is 14.4 Å². The highest BCUT2D eigenvalue weighted by atomic mass is 35.5. The number of halogens is 1. The first-order valence-electron chi connectivity index (χ1n) is 8.69. The fourth-order valence-electron chi connectivity index (χ4n) is 3.22. The molecule has 1 unspecified atom stereocenters. The van der Waals surface area contributed by atoms with Gasteiger partial charge in [-0.05, 0) is 37.1 Å². The van der Waals surface area contributed by atoms with Crippen molar-refractivity contribution in [3.05, 3.63) is 65.5 Å². The quantitative estimate of drug-likeness (QED) is 0.659. The number of benzene rings is 2. The van der Waals surface area contributed by atoms with Crippen molar-refractivity contribution < 1.29 is 12.9 Å². The van der Waals surface area contributed by atoms with Gasteiger partial charge in [0.1, 0.15) is 0 Å². The van der Waals surface area contributed by atoms with E-state index in [0.717, 1.165) is 18.4 Å². The average molecular weight is 404 g/mol. The molecule has 1 atom stereocenters. The Morgan fingerprint density at radius 2 is 1.81 bits per heavy atom. The first-order valence-corrected chi connectivity index (χ1v) is 10.5. The molecule has 0 bridgehead atoms. The summed E-state index contributed by atoms with van der Waals surface area (Å²) in [5.74, 6) is 0.874. The molecular formula is C19H18ClN3O3S. The van der Waals surface area contributed by atoms with E-state index in [1.165, 1.54) is 16.4 Å². The Morgan fingerprint density at radius 1 is 1.07 bits per heavy atom. The van der Waals surface area contributed by atoms with Crippen LogP contribution in [-0.4, -0.2) is 36.0 Å². The van der Waals surface area contributed by atoms with Crippen molar-refractivity contribution in [2.24, 2.45) is 0 Å². The minimum absolute atomic E-state index is 0.120. The van der Waals surface area contributed by atoms with Crippen molar-refractivity contribution in [2.45, 2.75) is 23.7 Å². The highest BCUT2D eigenvalue weighted by molar-refractivity contribution is 7.89. The van der Waals surface area contributed by atoms with Gasteiger partial charge >= 0.3 is 0 Å². The van der Waals surface area contributed by atoms with E-state index in [1.54, 1.807) is 12.1 Å². The van der Waals surface area contributed by atoms with Crippen LogP contribution in [0.15, 0.2) is 64.0 Å². The maximum atomic E-state index is 12.9. The minimum atomic E-state index is -3.58. The molecule has 6 nitrogen and oxygen atoms in total. The number of sulfonamides is 1. The van der Waals surface area contributed by atoms with E-state index >= 15 is 0 Å². The van der Waals surface area contributed by atoms with E-state index in [4.69, 9.17) is 16.1 Å². The van der Waals surface area contributed by atoms with Crippen molar-refractivity contribution in [2.75, 3.05) is 13.1 Å². The molecule has 1 fully saturated rings. The van der Waals surface area contributed by atoms with Crippen LogP contribution < -0.4 is 0 Å². The molecule has 1 aromatic heterocycles. The molecule has 0 amide bonds. The van der Waals surface area contributed by atoms with Crippen molar-refractivity contribution in [3.63, 3.8) is 0 Å². The average Bonchev–Trinajstić information content (AvgIpc) is 3.19. The molecule has 2 aromatic carbocycles. The van der Waals surface area contributed by atoms with Gasteiger partial charge in [-0.2, -0.15) is 9.29 Å². The third kappa shape index (κ3) is 3.76. The predicted molar refractivity (Wildman–Crippen MR) is 102 cm³/mol. The van der Waals surface area contributed by atoms with Crippen molar-refractivity contribution in [3.8, 4) is 11.4 Å². The SMILES string of the molecule is O=S(=O)(c1ccc(Cl)cc1)N1CCCC(c2nc(-c3ccccc3)no2)C1. The number of hydrogen-bond acceptors (Lipinski definition) is 5. The maximum absolute atomic E-state index is 12.9. The summed E-state index contributed by atoms with van der Waals surface area (Å²) in [6, 6.07) is 15.8. The minimum Gasteiger partial charge on any atom is -0.339 e. The van der Waals surface area contributed by atoms with Crippen LogP contribution in [0.1, 0.15) is 24.7 Å². The highest BCUT2D eigenvalue weighted by Gasteiger charge is 2.33. The van der Waals surface area contributed by atoms with Crippen LogP contribution in [0.5, 0.6) is 0 Å². The summed E-state index contributed by atoms with van der Waals surface area (Å²) in [5.41, 5.74) is 0.869. The molecule has 1 aliphatic rings. The molecule has 27 heavy (non-hydrogen) atoms. The van der Waals surface area contributed by atoms with Crippen LogP contribution in [0.4, 0.5) is 0 Å². The molecule has 2 heterocycles. The van der Waals surface area contributed by atoms with Crippen LogP contribution in [-0.2, 0) is 10.0 Å². The molecule has 0 saturated carbocycles. The lowest BCUT2D eigenvalue weighted by Gasteiger charge is -2.30. The molecule has 0 aliphatic carbocycles. The second kappa shape index (κ2) is 7.42. The van der Waals surface area contributed by atoms with Crippen molar-refractivity contribution >= 4 is 21.6 Å². The zero-order chi connectivity index (χ0) is 18.9. The monoisotopic (exact) mass is 403 g/mol. The summed E-state index contributed by atoms with van der Waals surface area (Å²) in [5, 5.41) is 4.55. The third-order valence-corrected chi connectivity index (χ3v) is 6.79. The van der Waals surface area contributed by atoms with Crippen molar-refractivity contribution in [1.29, 1.82) is 0 Å². The summed E-state index contributed by atoms with van der Waals surface area (Å²) in [4.78, 5) is 4.73.